The van der Waals surface area contributed by atoms with E-state index in [1.807, 2.05) is 6.20 Å². The van der Waals surface area contributed by atoms with Crippen LogP contribution in [0.5, 0.6) is 0 Å². The van der Waals surface area contributed by atoms with Crippen LogP contribution in [0.4, 0.5) is 10.3 Å². The van der Waals surface area contributed by atoms with Crippen molar-refractivity contribution in [1.29, 1.82) is 0 Å². The van der Waals surface area contributed by atoms with Gasteiger partial charge in [-0.1, -0.05) is 35.5 Å². The number of hydrogen-bond acceptors (Lipinski definition) is 7. The molecule has 1 saturated heterocycles. The third-order valence-corrected chi connectivity index (χ3v) is 5.44. The van der Waals surface area contributed by atoms with E-state index in [0.717, 1.165) is 39.8 Å². The SMILES string of the molecule is CCNc1nnc(-c2cnc(N3CCCCCC3)s2)s1. The van der Waals surface area contributed by atoms with Gasteiger partial charge < -0.3 is 10.2 Å². The van der Waals surface area contributed by atoms with Gasteiger partial charge in [0.2, 0.25) is 5.13 Å². The van der Waals surface area contributed by atoms with Gasteiger partial charge >= 0.3 is 0 Å². The minimum absolute atomic E-state index is 0.871. The van der Waals surface area contributed by atoms with Crippen LogP contribution in [0, 0.1) is 0 Å². The fourth-order valence-electron chi connectivity index (χ4n) is 2.32. The van der Waals surface area contributed by atoms with Crippen LogP contribution in [-0.4, -0.2) is 34.8 Å². The predicted molar refractivity (Wildman–Crippen MR) is 85.9 cm³/mol. The lowest BCUT2D eigenvalue weighted by atomic mass is 10.2. The highest BCUT2D eigenvalue weighted by Gasteiger charge is 2.16. The molecule has 0 atom stereocenters. The number of rotatable bonds is 4. The first-order chi connectivity index (χ1) is 9.86. The largest absolute Gasteiger partial charge is 0.360 e. The van der Waals surface area contributed by atoms with E-state index < -0.39 is 0 Å². The maximum atomic E-state index is 4.58. The van der Waals surface area contributed by atoms with Crippen LogP contribution in [0.2, 0.25) is 0 Å². The van der Waals surface area contributed by atoms with Gasteiger partial charge in [-0.2, -0.15) is 0 Å². The number of aromatic nitrogens is 3. The average Bonchev–Trinajstić information content (AvgIpc) is 3.03. The molecule has 2 aromatic rings. The van der Waals surface area contributed by atoms with Crippen molar-refractivity contribution in [2.75, 3.05) is 29.9 Å². The van der Waals surface area contributed by atoms with Crippen LogP contribution >= 0.6 is 22.7 Å². The molecule has 0 saturated carbocycles. The molecule has 0 radical (unpaired) electrons. The lowest BCUT2D eigenvalue weighted by Gasteiger charge is -2.18. The van der Waals surface area contributed by atoms with Crippen molar-refractivity contribution < 1.29 is 0 Å². The van der Waals surface area contributed by atoms with Crippen molar-refractivity contribution >= 4 is 32.9 Å². The normalized spacial score (nSPS) is 16.1. The molecule has 20 heavy (non-hydrogen) atoms. The van der Waals surface area contributed by atoms with Gasteiger partial charge in [0.1, 0.15) is 0 Å². The molecule has 2 aromatic heterocycles. The zero-order chi connectivity index (χ0) is 13.8. The van der Waals surface area contributed by atoms with Gasteiger partial charge in [0.15, 0.2) is 10.1 Å². The fourth-order valence-corrected chi connectivity index (χ4v) is 4.13. The van der Waals surface area contributed by atoms with Gasteiger partial charge in [0, 0.05) is 19.6 Å². The highest BCUT2D eigenvalue weighted by atomic mass is 32.1. The van der Waals surface area contributed by atoms with Gasteiger partial charge in [0.05, 0.1) is 11.1 Å². The second kappa shape index (κ2) is 6.49. The van der Waals surface area contributed by atoms with Crippen molar-refractivity contribution in [1.82, 2.24) is 15.2 Å². The first kappa shape index (κ1) is 13.8. The van der Waals surface area contributed by atoms with Crippen molar-refractivity contribution in [2.24, 2.45) is 0 Å². The highest BCUT2D eigenvalue weighted by Crippen LogP contribution is 2.34. The minimum Gasteiger partial charge on any atom is -0.360 e. The Kier molecular flexibility index (Phi) is 4.47. The Hall–Kier alpha value is -1.21. The van der Waals surface area contributed by atoms with Gasteiger partial charge in [0.25, 0.3) is 0 Å². The summed E-state index contributed by atoms with van der Waals surface area (Å²) in [6.07, 6.45) is 7.17. The number of nitrogens with one attached hydrogen (secondary N) is 1. The molecule has 0 aliphatic carbocycles. The Morgan fingerprint density at radius 3 is 2.70 bits per heavy atom. The van der Waals surface area contributed by atoms with E-state index >= 15 is 0 Å². The molecule has 1 fully saturated rings. The molecular formula is C13H19N5S2. The van der Waals surface area contributed by atoms with E-state index in [1.165, 1.54) is 25.7 Å². The lowest BCUT2D eigenvalue weighted by Crippen LogP contribution is -2.23. The summed E-state index contributed by atoms with van der Waals surface area (Å²) in [4.78, 5) is 8.10. The monoisotopic (exact) mass is 309 g/mol. The number of thiazole rings is 1. The summed E-state index contributed by atoms with van der Waals surface area (Å²) in [6, 6.07) is 0. The fraction of sp³-hybridized carbons (Fsp3) is 0.615. The van der Waals surface area contributed by atoms with Gasteiger partial charge in [-0.05, 0) is 19.8 Å². The maximum absolute atomic E-state index is 4.58. The van der Waals surface area contributed by atoms with Crippen LogP contribution in [0.15, 0.2) is 6.20 Å². The third kappa shape index (κ3) is 3.09. The van der Waals surface area contributed by atoms with Crippen LogP contribution in [0.3, 0.4) is 0 Å². The lowest BCUT2D eigenvalue weighted by molar-refractivity contribution is 0.726. The maximum Gasteiger partial charge on any atom is 0.206 e. The summed E-state index contributed by atoms with van der Waals surface area (Å²) in [5.41, 5.74) is 0. The van der Waals surface area contributed by atoms with Crippen LogP contribution < -0.4 is 10.2 Å². The summed E-state index contributed by atoms with van der Waals surface area (Å²) in [7, 11) is 0. The average molecular weight is 309 g/mol. The molecule has 5 nitrogen and oxygen atoms in total. The molecule has 0 aromatic carbocycles. The van der Waals surface area contributed by atoms with Crippen molar-refractivity contribution in [2.45, 2.75) is 32.6 Å². The highest BCUT2D eigenvalue weighted by molar-refractivity contribution is 7.25. The molecule has 1 aliphatic heterocycles. The summed E-state index contributed by atoms with van der Waals surface area (Å²) < 4.78 is 0. The van der Waals surface area contributed by atoms with E-state index in [4.69, 9.17) is 0 Å². The van der Waals surface area contributed by atoms with E-state index in [9.17, 15) is 0 Å². The molecule has 1 N–H and O–H groups in total. The molecule has 7 heteroatoms. The predicted octanol–water partition coefficient (Wildman–Crippen LogP) is 3.47. The van der Waals surface area contributed by atoms with Crippen molar-refractivity contribution in [3.63, 3.8) is 0 Å². The quantitative estimate of drug-likeness (QED) is 0.937. The number of nitrogens with zero attached hydrogens (tertiary/aromatic N) is 4. The molecule has 3 heterocycles. The van der Waals surface area contributed by atoms with E-state index in [2.05, 4.69) is 32.3 Å². The first-order valence-electron chi connectivity index (χ1n) is 7.15. The zero-order valence-electron chi connectivity index (χ0n) is 11.6. The molecular weight excluding hydrogens is 290 g/mol. The molecule has 0 amide bonds. The number of anilines is 2. The van der Waals surface area contributed by atoms with Crippen LogP contribution in [0.25, 0.3) is 9.88 Å². The Labute approximate surface area is 127 Å². The Balaban J connectivity index is 1.74. The Morgan fingerprint density at radius 2 is 1.95 bits per heavy atom. The summed E-state index contributed by atoms with van der Waals surface area (Å²) in [5.74, 6) is 0. The van der Waals surface area contributed by atoms with Gasteiger partial charge in [-0.15, -0.1) is 10.2 Å². The topological polar surface area (TPSA) is 53.9 Å². The standard InChI is InChI=1S/C13H19N5S2/c1-2-14-12-17-16-11(20-12)10-9-15-13(19-10)18-7-5-3-4-6-8-18/h9H,2-8H2,1H3,(H,14,17). The smallest absolute Gasteiger partial charge is 0.206 e. The molecule has 0 unspecified atom stereocenters. The molecule has 0 spiro atoms. The molecule has 0 bridgehead atoms. The Bertz CT molecular complexity index is 542. The Morgan fingerprint density at radius 1 is 1.15 bits per heavy atom. The first-order valence-corrected chi connectivity index (χ1v) is 8.78. The minimum atomic E-state index is 0.871. The zero-order valence-corrected chi connectivity index (χ0v) is 13.3. The summed E-state index contributed by atoms with van der Waals surface area (Å²) >= 11 is 3.32. The van der Waals surface area contributed by atoms with E-state index in [-0.39, 0.29) is 0 Å². The molecule has 1 aliphatic rings. The third-order valence-electron chi connectivity index (χ3n) is 3.33. The summed E-state index contributed by atoms with van der Waals surface area (Å²) in [6.45, 7) is 5.19. The molecule has 108 valence electrons. The molecule has 3 rings (SSSR count). The van der Waals surface area contributed by atoms with E-state index in [1.54, 1.807) is 22.7 Å². The van der Waals surface area contributed by atoms with Crippen molar-refractivity contribution in [3.05, 3.63) is 6.20 Å². The van der Waals surface area contributed by atoms with Gasteiger partial charge in [-0.3, -0.25) is 0 Å². The summed E-state index contributed by atoms with van der Waals surface area (Å²) in [5, 5.41) is 14.5. The van der Waals surface area contributed by atoms with Crippen LogP contribution in [-0.2, 0) is 0 Å². The van der Waals surface area contributed by atoms with Gasteiger partial charge in [-0.25, -0.2) is 4.98 Å². The van der Waals surface area contributed by atoms with E-state index in [0.29, 0.717) is 0 Å². The number of hydrogen-bond donors (Lipinski definition) is 1. The second-order valence-electron chi connectivity index (χ2n) is 4.85. The van der Waals surface area contributed by atoms with Crippen molar-refractivity contribution in [3.8, 4) is 9.88 Å². The second-order valence-corrected chi connectivity index (χ2v) is 6.84. The van der Waals surface area contributed by atoms with Crippen LogP contribution in [0.1, 0.15) is 32.6 Å².